The number of benzene rings is 2. The van der Waals surface area contributed by atoms with Crippen LogP contribution < -0.4 is 10.6 Å². The van der Waals surface area contributed by atoms with Gasteiger partial charge < -0.3 is 20.3 Å². The van der Waals surface area contributed by atoms with Crippen LogP contribution in [0.2, 0.25) is 0 Å². The van der Waals surface area contributed by atoms with Crippen LogP contribution in [-0.2, 0) is 14.9 Å². The number of hydrogen-bond acceptors (Lipinski definition) is 6. The molecule has 34 heavy (non-hydrogen) atoms. The van der Waals surface area contributed by atoms with Crippen molar-refractivity contribution in [2.24, 2.45) is 5.73 Å². The Morgan fingerprint density at radius 1 is 1.18 bits per heavy atom. The first-order valence-corrected chi connectivity index (χ1v) is 10.9. The van der Waals surface area contributed by atoms with E-state index in [0.717, 1.165) is 16.8 Å². The quantitative estimate of drug-likeness (QED) is 0.627. The van der Waals surface area contributed by atoms with Crippen LogP contribution in [0.4, 0.5) is 16.0 Å². The monoisotopic (exact) mass is 461 g/mol. The second kappa shape index (κ2) is 8.18. The van der Waals surface area contributed by atoms with E-state index in [0.29, 0.717) is 42.4 Å². The Labute approximate surface area is 196 Å². The smallest absolute Gasteiger partial charge is 0.254 e. The van der Waals surface area contributed by atoms with E-state index in [9.17, 15) is 14.0 Å². The van der Waals surface area contributed by atoms with Gasteiger partial charge in [0, 0.05) is 48.4 Å². The number of amides is 2. The van der Waals surface area contributed by atoms with E-state index in [4.69, 9.17) is 10.5 Å². The van der Waals surface area contributed by atoms with Gasteiger partial charge in [0.25, 0.3) is 5.91 Å². The van der Waals surface area contributed by atoms with Crippen molar-refractivity contribution in [3.63, 3.8) is 0 Å². The maximum absolute atomic E-state index is 14.3. The first-order valence-electron chi connectivity index (χ1n) is 10.9. The molecule has 0 bridgehead atoms. The second-order valence-corrected chi connectivity index (χ2v) is 8.97. The van der Waals surface area contributed by atoms with Gasteiger partial charge in [-0.1, -0.05) is 17.7 Å². The molecule has 9 heteroatoms. The Morgan fingerprint density at radius 2 is 1.91 bits per heavy atom. The zero-order valence-electron chi connectivity index (χ0n) is 18.9. The summed E-state index contributed by atoms with van der Waals surface area (Å²) in [7, 11) is 1.53. The summed E-state index contributed by atoms with van der Waals surface area (Å²) in [5, 5.41) is 0. The number of fused-ring (bicyclic) bond motifs is 2. The lowest BCUT2D eigenvalue weighted by Gasteiger charge is -2.38. The van der Waals surface area contributed by atoms with Crippen LogP contribution in [0, 0.1) is 12.7 Å². The van der Waals surface area contributed by atoms with Crippen molar-refractivity contribution in [1.82, 2.24) is 14.9 Å². The largest absolute Gasteiger partial charge is 0.379 e. The molecule has 1 aromatic heterocycles. The molecular formula is C25H24FN5O3. The Bertz CT molecular complexity index is 1290. The molecule has 2 aliphatic rings. The van der Waals surface area contributed by atoms with Crippen molar-refractivity contribution in [2.45, 2.75) is 12.3 Å². The van der Waals surface area contributed by atoms with Crippen LogP contribution in [0.3, 0.4) is 0 Å². The Kier molecular flexibility index (Phi) is 5.28. The van der Waals surface area contributed by atoms with Gasteiger partial charge in [0.05, 0.1) is 25.2 Å². The van der Waals surface area contributed by atoms with Gasteiger partial charge in [-0.05, 0) is 36.8 Å². The number of hydrogen-bond donors (Lipinski definition) is 1. The van der Waals surface area contributed by atoms with Crippen molar-refractivity contribution < 1.29 is 18.7 Å². The molecule has 8 nitrogen and oxygen atoms in total. The highest BCUT2D eigenvalue weighted by molar-refractivity contribution is 5.97. The summed E-state index contributed by atoms with van der Waals surface area (Å²) in [4.78, 5) is 36.4. The van der Waals surface area contributed by atoms with Gasteiger partial charge in [0.2, 0.25) is 11.9 Å². The third kappa shape index (κ3) is 3.67. The lowest BCUT2D eigenvalue weighted by molar-refractivity contribution is -0.118. The van der Waals surface area contributed by atoms with Crippen molar-refractivity contribution in [3.8, 4) is 11.1 Å². The molecule has 174 valence electrons. The molecule has 0 atom stereocenters. The van der Waals surface area contributed by atoms with E-state index in [-0.39, 0.29) is 23.7 Å². The molecule has 1 saturated heterocycles. The molecule has 3 heterocycles. The number of anilines is 2. The first-order chi connectivity index (χ1) is 16.3. The Hall–Kier alpha value is -3.85. The number of rotatable bonds is 5. The minimum atomic E-state index is -0.581. The zero-order valence-corrected chi connectivity index (χ0v) is 18.9. The predicted molar refractivity (Wildman–Crippen MR) is 124 cm³/mol. The van der Waals surface area contributed by atoms with E-state index >= 15 is 0 Å². The molecular weight excluding hydrogens is 437 g/mol. The molecule has 0 aliphatic carbocycles. The van der Waals surface area contributed by atoms with Crippen LogP contribution in [0.5, 0.6) is 0 Å². The number of nitrogens with zero attached hydrogens (tertiary/aromatic N) is 4. The number of aromatic nitrogens is 2. The van der Waals surface area contributed by atoms with Gasteiger partial charge in [-0.15, -0.1) is 0 Å². The van der Waals surface area contributed by atoms with E-state index in [1.165, 1.54) is 18.0 Å². The van der Waals surface area contributed by atoms with Crippen molar-refractivity contribution in [1.29, 1.82) is 0 Å². The fourth-order valence-corrected chi connectivity index (χ4v) is 4.57. The summed E-state index contributed by atoms with van der Waals surface area (Å²) in [5.74, 6) is -0.763. The maximum atomic E-state index is 14.3. The molecule has 2 aliphatic heterocycles. The van der Waals surface area contributed by atoms with Gasteiger partial charge in [0.1, 0.15) is 5.82 Å². The Balaban J connectivity index is 1.50. The summed E-state index contributed by atoms with van der Waals surface area (Å²) in [6.07, 6.45) is 3.22. The molecule has 0 unspecified atom stereocenters. The maximum Gasteiger partial charge on any atom is 0.254 e. The molecule has 2 aromatic carbocycles. The van der Waals surface area contributed by atoms with Crippen LogP contribution in [-0.4, -0.2) is 60.0 Å². The number of carbonyl (C=O) groups excluding carboxylic acids is 2. The highest BCUT2D eigenvalue weighted by Crippen LogP contribution is 2.47. The van der Waals surface area contributed by atoms with E-state index in [2.05, 4.69) is 9.97 Å². The predicted octanol–water partition coefficient (Wildman–Crippen LogP) is 2.57. The highest BCUT2D eigenvalue weighted by atomic mass is 19.1. The van der Waals surface area contributed by atoms with Gasteiger partial charge in [-0.3, -0.25) is 9.59 Å². The minimum Gasteiger partial charge on any atom is -0.379 e. The van der Waals surface area contributed by atoms with Crippen LogP contribution in [0.15, 0.2) is 48.8 Å². The third-order valence-corrected chi connectivity index (χ3v) is 6.38. The molecule has 5 rings (SSSR count). The van der Waals surface area contributed by atoms with Gasteiger partial charge in [-0.2, -0.15) is 0 Å². The molecule has 0 radical (unpaired) electrons. The van der Waals surface area contributed by atoms with Crippen LogP contribution in [0.25, 0.3) is 11.1 Å². The summed E-state index contributed by atoms with van der Waals surface area (Å²) < 4.78 is 19.9. The summed E-state index contributed by atoms with van der Waals surface area (Å²) in [6.45, 7) is 3.47. The lowest BCUT2D eigenvalue weighted by atomic mass is 9.80. The zero-order chi connectivity index (χ0) is 24.0. The number of primary amides is 1. The van der Waals surface area contributed by atoms with Crippen molar-refractivity contribution in [3.05, 3.63) is 71.3 Å². The molecule has 0 saturated carbocycles. The van der Waals surface area contributed by atoms with E-state index < -0.39 is 5.91 Å². The van der Waals surface area contributed by atoms with Crippen molar-refractivity contribution >= 4 is 23.5 Å². The number of carbonyl (C=O) groups is 2. The average molecular weight is 461 g/mol. The van der Waals surface area contributed by atoms with Gasteiger partial charge in [0.15, 0.2) is 0 Å². The molecule has 1 fully saturated rings. The fraction of sp³-hybridized carbons (Fsp3) is 0.280. The number of halogens is 1. The van der Waals surface area contributed by atoms with Crippen LogP contribution >= 0.6 is 0 Å². The molecule has 2 amide bonds. The number of ether oxygens (including phenoxy) is 1. The lowest BCUT2D eigenvalue weighted by Crippen LogP contribution is -2.49. The number of nitrogens with two attached hydrogens (primary N) is 1. The fourth-order valence-electron chi connectivity index (χ4n) is 4.57. The topological polar surface area (TPSA) is 102 Å². The standard InChI is InChI=1S/C25H24FN5O3/c1-15-3-6-20(26)18(7-15)17-9-28-24(29-10-17)31-12-25(13-34-14-25)19-5-4-16(8-21(19)31)23(33)30(2)11-22(27)32/h3-10H,11-14H2,1-2H3,(H2,27,32). The van der Waals surface area contributed by atoms with E-state index in [1.807, 2.05) is 17.9 Å². The normalized spacial score (nSPS) is 15.7. The molecule has 3 aromatic rings. The van der Waals surface area contributed by atoms with Crippen LogP contribution in [0.1, 0.15) is 21.5 Å². The summed E-state index contributed by atoms with van der Waals surface area (Å²) >= 11 is 0. The van der Waals surface area contributed by atoms with Gasteiger partial charge >= 0.3 is 0 Å². The van der Waals surface area contributed by atoms with Crippen molar-refractivity contribution in [2.75, 3.05) is 38.3 Å². The average Bonchev–Trinajstić information content (AvgIpc) is 3.15. The van der Waals surface area contributed by atoms with E-state index in [1.54, 1.807) is 36.7 Å². The SMILES string of the molecule is Cc1ccc(F)c(-c2cnc(N3CC4(COC4)c4ccc(C(=O)N(C)CC(N)=O)cc43)nc2)c1. The summed E-state index contributed by atoms with van der Waals surface area (Å²) in [6, 6.07) is 10.4. The highest BCUT2D eigenvalue weighted by Gasteiger charge is 2.49. The number of aryl methyl sites for hydroxylation is 1. The Morgan fingerprint density at radius 3 is 2.56 bits per heavy atom. The van der Waals surface area contributed by atoms with Gasteiger partial charge in [-0.25, -0.2) is 14.4 Å². The minimum absolute atomic E-state index is 0.169. The molecule has 1 spiro atoms. The first kappa shape index (κ1) is 22.0. The second-order valence-electron chi connectivity index (χ2n) is 8.97. The third-order valence-electron chi connectivity index (χ3n) is 6.38. The number of likely N-dealkylation sites (N-methyl/N-ethyl adjacent to an activating group) is 1. The summed E-state index contributed by atoms with van der Waals surface area (Å²) in [5.41, 5.74) is 9.33. The molecule has 2 N–H and O–H groups in total.